The Morgan fingerprint density at radius 3 is 2.46 bits per heavy atom. The van der Waals surface area contributed by atoms with Crippen LogP contribution in [0.5, 0.6) is 0 Å². The van der Waals surface area contributed by atoms with Crippen LogP contribution in [-0.4, -0.2) is 74.7 Å². The zero-order valence-electron chi connectivity index (χ0n) is 21.3. The average molecular weight is 502 g/mol. The van der Waals surface area contributed by atoms with Crippen molar-refractivity contribution < 1.29 is 18.0 Å². The second-order valence-corrected chi connectivity index (χ2v) is 11.0. The van der Waals surface area contributed by atoms with E-state index in [0.717, 1.165) is 40.8 Å². The fourth-order valence-electron chi connectivity index (χ4n) is 4.17. The first kappa shape index (κ1) is 26.7. The maximum atomic E-state index is 12.7. The Hall–Kier alpha value is -2.95. The number of nitrogens with zero attached hydrogens (tertiary/aromatic N) is 2. The predicted molar refractivity (Wildman–Crippen MR) is 139 cm³/mol. The topological polar surface area (TPSA) is 115 Å². The Bertz CT molecular complexity index is 1260. The van der Waals surface area contributed by atoms with E-state index in [1.165, 1.54) is 26.2 Å². The predicted octanol–water partition coefficient (Wildman–Crippen LogP) is 2.38. The van der Waals surface area contributed by atoms with Gasteiger partial charge in [-0.3, -0.25) is 9.59 Å². The third-order valence-electron chi connectivity index (χ3n) is 6.45. The molecule has 3 N–H and O–H groups in total. The fraction of sp³-hybridized carbons (Fsp3) is 0.440. The number of hydrogen-bond donors (Lipinski definition) is 3. The summed E-state index contributed by atoms with van der Waals surface area (Å²) < 4.78 is 26.3. The van der Waals surface area contributed by atoms with Crippen molar-refractivity contribution in [1.29, 1.82) is 0 Å². The van der Waals surface area contributed by atoms with E-state index in [4.69, 9.17) is 0 Å². The highest BCUT2D eigenvalue weighted by Gasteiger charge is 2.28. The molecule has 35 heavy (non-hydrogen) atoms. The van der Waals surface area contributed by atoms with Gasteiger partial charge >= 0.3 is 0 Å². The number of benzene rings is 1. The number of fused-ring (bicyclic) bond motifs is 1. The summed E-state index contributed by atoms with van der Waals surface area (Å²) in [5.41, 5.74) is 4.80. The Labute approximate surface area is 207 Å². The largest absolute Gasteiger partial charge is 0.359 e. The first-order valence-electron chi connectivity index (χ1n) is 11.8. The van der Waals surface area contributed by atoms with Crippen LogP contribution in [0.2, 0.25) is 0 Å². The molecule has 1 aliphatic heterocycles. The number of aromatic amines is 1. The minimum Gasteiger partial charge on any atom is -0.359 e. The quantitative estimate of drug-likeness (QED) is 0.433. The summed E-state index contributed by atoms with van der Waals surface area (Å²) in [5.74, 6) is -0.356. The van der Waals surface area contributed by atoms with Gasteiger partial charge in [-0.15, -0.1) is 0 Å². The van der Waals surface area contributed by atoms with Gasteiger partial charge in [-0.05, 0) is 62.3 Å². The van der Waals surface area contributed by atoms with Crippen molar-refractivity contribution in [1.82, 2.24) is 19.5 Å². The van der Waals surface area contributed by atoms with Gasteiger partial charge in [-0.2, -0.15) is 0 Å². The highest BCUT2D eigenvalue weighted by Crippen LogP contribution is 2.36. The summed E-state index contributed by atoms with van der Waals surface area (Å²) in [4.78, 5) is 30.9. The van der Waals surface area contributed by atoms with Crippen molar-refractivity contribution in [3.63, 3.8) is 0 Å². The highest BCUT2D eigenvalue weighted by molar-refractivity contribution is 7.89. The van der Waals surface area contributed by atoms with Crippen LogP contribution in [0.3, 0.4) is 0 Å². The lowest BCUT2D eigenvalue weighted by Gasteiger charge is -2.18. The van der Waals surface area contributed by atoms with Crippen LogP contribution in [-0.2, 0) is 26.0 Å². The van der Waals surface area contributed by atoms with Crippen molar-refractivity contribution >= 4 is 39.2 Å². The molecule has 0 atom stereocenters. The van der Waals surface area contributed by atoms with Gasteiger partial charge in [0.15, 0.2) is 0 Å². The lowest BCUT2D eigenvalue weighted by Crippen LogP contribution is -2.35. The number of nitrogens with one attached hydrogen (secondary N) is 3. The number of carbonyl (C=O) groups is 2. The molecule has 2 aromatic rings. The highest BCUT2D eigenvalue weighted by atomic mass is 32.2. The number of anilines is 1. The lowest BCUT2D eigenvalue weighted by molar-refractivity contribution is -0.120. The zero-order chi connectivity index (χ0) is 25.9. The molecule has 0 spiro atoms. The van der Waals surface area contributed by atoms with Crippen molar-refractivity contribution in [2.24, 2.45) is 0 Å². The standard InChI is InChI=1S/C25H35N5O4S/c1-7-30(8-2)12-11-26-24(31)15-19-16(3)23(27-17(19)4)14-21-20-13-18(35(33,34)29(5)6)9-10-22(20)28-25(21)32/h9-10,13-14,27H,7-8,11-12,15H2,1-6H3,(H,26,31)(H,28,32). The minimum absolute atomic E-state index is 0.0518. The molecule has 0 bridgehead atoms. The summed E-state index contributed by atoms with van der Waals surface area (Å²) in [6.07, 6.45) is 1.96. The Morgan fingerprint density at radius 2 is 1.83 bits per heavy atom. The van der Waals surface area contributed by atoms with Crippen LogP contribution in [0, 0.1) is 13.8 Å². The summed E-state index contributed by atoms with van der Waals surface area (Å²) in [7, 11) is -0.707. The number of sulfonamides is 1. The van der Waals surface area contributed by atoms with Gasteiger partial charge < -0.3 is 20.5 Å². The summed E-state index contributed by atoms with van der Waals surface area (Å²) in [5, 5.41) is 5.77. The van der Waals surface area contributed by atoms with Gasteiger partial charge in [-0.1, -0.05) is 13.8 Å². The molecule has 0 radical (unpaired) electrons. The van der Waals surface area contributed by atoms with E-state index in [0.29, 0.717) is 29.1 Å². The van der Waals surface area contributed by atoms with Crippen LogP contribution in [0.1, 0.15) is 41.9 Å². The molecule has 0 saturated heterocycles. The molecule has 10 heteroatoms. The second-order valence-electron chi connectivity index (χ2n) is 8.83. The zero-order valence-corrected chi connectivity index (χ0v) is 22.1. The smallest absolute Gasteiger partial charge is 0.256 e. The van der Waals surface area contributed by atoms with E-state index in [2.05, 4.69) is 34.4 Å². The van der Waals surface area contributed by atoms with Crippen molar-refractivity contribution in [2.45, 2.75) is 39.0 Å². The fourth-order valence-corrected chi connectivity index (χ4v) is 5.10. The van der Waals surface area contributed by atoms with Crippen LogP contribution in [0.15, 0.2) is 23.1 Å². The number of amides is 2. The summed E-state index contributed by atoms with van der Waals surface area (Å²) >= 11 is 0. The third-order valence-corrected chi connectivity index (χ3v) is 8.27. The molecular weight excluding hydrogens is 466 g/mol. The maximum Gasteiger partial charge on any atom is 0.256 e. The molecular formula is C25H35N5O4S. The number of carbonyl (C=O) groups excluding carboxylic acids is 2. The van der Waals surface area contributed by atoms with Gasteiger partial charge in [0.1, 0.15) is 0 Å². The Morgan fingerprint density at radius 1 is 1.14 bits per heavy atom. The van der Waals surface area contributed by atoms with E-state index in [-0.39, 0.29) is 23.1 Å². The molecule has 1 aromatic heterocycles. The van der Waals surface area contributed by atoms with Crippen molar-refractivity contribution in [3.8, 4) is 0 Å². The van der Waals surface area contributed by atoms with Gasteiger partial charge in [-0.25, -0.2) is 12.7 Å². The van der Waals surface area contributed by atoms with Gasteiger partial charge in [0.05, 0.1) is 16.9 Å². The van der Waals surface area contributed by atoms with Gasteiger partial charge in [0.25, 0.3) is 5.91 Å². The van der Waals surface area contributed by atoms with E-state index < -0.39 is 10.0 Å². The maximum absolute atomic E-state index is 12.7. The molecule has 0 saturated carbocycles. The van der Waals surface area contributed by atoms with Gasteiger partial charge in [0.2, 0.25) is 15.9 Å². The van der Waals surface area contributed by atoms with Crippen LogP contribution in [0.25, 0.3) is 11.6 Å². The molecule has 0 unspecified atom stereocenters. The Balaban J connectivity index is 1.85. The van der Waals surface area contributed by atoms with E-state index in [9.17, 15) is 18.0 Å². The van der Waals surface area contributed by atoms with E-state index >= 15 is 0 Å². The molecule has 1 aromatic carbocycles. The SMILES string of the molecule is CCN(CC)CCNC(=O)Cc1c(C)[nH]c(C=C2C(=O)Nc3ccc(S(=O)(=O)N(C)C)cc32)c1C. The first-order valence-corrected chi connectivity index (χ1v) is 13.2. The summed E-state index contributed by atoms with van der Waals surface area (Å²) in [6, 6.07) is 4.60. The molecule has 0 fully saturated rings. The number of H-pyrrole nitrogens is 1. The molecule has 3 rings (SSSR count). The third kappa shape index (κ3) is 5.66. The van der Waals surface area contributed by atoms with E-state index in [1.54, 1.807) is 12.1 Å². The van der Waals surface area contributed by atoms with E-state index in [1.807, 2.05) is 13.8 Å². The lowest BCUT2D eigenvalue weighted by atomic mass is 10.0. The number of aromatic nitrogens is 1. The molecule has 2 amide bonds. The van der Waals surface area contributed by atoms with Crippen LogP contribution in [0.4, 0.5) is 5.69 Å². The van der Waals surface area contributed by atoms with Crippen LogP contribution >= 0.6 is 0 Å². The normalized spacial score (nSPS) is 14.6. The van der Waals surface area contributed by atoms with Gasteiger partial charge in [0, 0.05) is 49.8 Å². The van der Waals surface area contributed by atoms with Crippen LogP contribution < -0.4 is 10.6 Å². The molecule has 0 aliphatic carbocycles. The molecule has 1 aliphatic rings. The Kier molecular flexibility index (Phi) is 8.19. The summed E-state index contributed by atoms with van der Waals surface area (Å²) in [6.45, 7) is 11.3. The molecule has 2 heterocycles. The monoisotopic (exact) mass is 501 g/mol. The number of hydrogen-bond acceptors (Lipinski definition) is 5. The van der Waals surface area contributed by atoms with Crippen molar-refractivity contribution in [2.75, 3.05) is 45.6 Å². The molecule has 190 valence electrons. The minimum atomic E-state index is -3.64. The average Bonchev–Trinajstić information content (AvgIpc) is 3.26. The second kappa shape index (κ2) is 10.8. The number of rotatable bonds is 10. The van der Waals surface area contributed by atoms with Crippen molar-refractivity contribution in [3.05, 3.63) is 46.3 Å². The first-order chi connectivity index (χ1) is 16.5. The number of aryl methyl sites for hydroxylation is 1. The number of likely N-dealkylation sites (N-methyl/N-ethyl adjacent to an activating group) is 1. The molecule has 9 nitrogen and oxygen atoms in total.